The molecular formula is C24H21BrN6O3. The highest BCUT2D eigenvalue weighted by atomic mass is 79.9. The zero-order valence-electron chi connectivity index (χ0n) is 18.3. The Morgan fingerprint density at radius 1 is 1.21 bits per heavy atom. The third-order valence-electron chi connectivity index (χ3n) is 5.42. The van der Waals surface area contributed by atoms with Crippen molar-refractivity contribution in [2.75, 3.05) is 7.11 Å². The standard InChI is InChI=1S/C24H21BrN6O3/c1-33-20-10-19(9-6-17(20)11-29-30-23(32)16-4-7-18(25)8-5-16)34-24-21-22(26-13-27-24)31(14-28-21)12-15-2-3-15/h4-11,13-15H,2-3,12H2,1H3,(H,30,32)/b29-11+. The van der Waals surface area contributed by atoms with Gasteiger partial charge in [0, 0.05) is 28.2 Å². The third kappa shape index (κ3) is 4.91. The zero-order valence-corrected chi connectivity index (χ0v) is 19.9. The van der Waals surface area contributed by atoms with E-state index in [0.717, 1.165) is 16.7 Å². The van der Waals surface area contributed by atoms with Crippen molar-refractivity contribution in [3.05, 3.63) is 70.7 Å². The number of carbonyl (C=O) groups is 1. The lowest BCUT2D eigenvalue weighted by molar-refractivity contribution is 0.0955. The number of methoxy groups -OCH3 is 1. The van der Waals surface area contributed by atoms with E-state index < -0.39 is 0 Å². The van der Waals surface area contributed by atoms with Crippen molar-refractivity contribution < 1.29 is 14.3 Å². The number of halogens is 1. The van der Waals surface area contributed by atoms with E-state index in [9.17, 15) is 4.79 Å². The van der Waals surface area contributed by atoms with E-state index >= 15 is 0 Å². The molecule has 10 heteroatoms. The van der Waals surface area contributed by atoms with E-state index in [1.54, 1.807) is 55.9 Å². The summed E-state index contributed by atoms with van der Waals surface area (Å²) in [6.07, 6.45) is 7.28. The van der Waals surface area contributed by atoms with Crippen molar-refractivity contribution in [1.29, 1.82) is 0 Å². The average Bonchev–Trinajstić information content (AvgIpc) is 3.58. The minimum atomic E-state index is -0.309. The van der Waals surface area contributed by atoms with E-state index in [2.05, 4.69) is 41.4 Å². The fourth-order valence-corrected chi connectivity index (χ4v) is 3.71. The summed E-state index contributed by atoms with van der Waals surface area (Å²) in [5.74, 6) is 1.84. The lowest BCUT2D eigenvalue weighted by Crippen LogP contribution is -2.17. The minimum Gasteiger partial charge on any atom is -0.496 e. The van der Waals surface area contributed by atoms with Crippen LogP contribution in [0.25, 0.3) is 11.2 Å². The quantitative estimate of drug-likeness (QED) is 0.269. The summed E-state index contributed by atoms with van der Waals surface area (Å²) < 4.78 is 14.4. The molecule has 0 radical (unpaired) electrons. The fourth-order valence-electron chi connectivity index (χ4n) is 3.45. The first-order valence-electron chi connectivity index (χ1n) is 10.7. The van der Waals surface area contributed by atoms with Crippen molar-refractivity contribution in [2.24, 2.45) is 11.0 Å². The Kier molecular flexibility index (Phi) is 6.22. The molecule has 1 fully saturated rings. The number of nitrogens with zero attached hydrogens (tertiary/aromatic N) is 5. The summed E-state index contributed by atoms with van der Waals surface area (Å²) in [4.78, 5) is 25.3. The average molecular weight is 521 g/mol. The summed E-state index contributed by atoms with van der Waals surface area (Å²) in [5, 5.41) is 4.04. The largest absolute Gasteiger partial charge is 0.496 e. The maximum absolute atomic E-state index is 12.2. The molecule has 5 rings (SSSR count). The topological polar surface area (TPSA) is 104 Å². The molecule has 172 valence electrons. The van der Waals surface area contributed by atoms with Gasteiger partial charge in [0.25, 0.3) is 11.8 Å². The molecule has 2 heterocycles. The molecule has 0 atom stereocenters. The zero-order chi connectivity index (χ0) is 23.5. The van der Waals surface area contributed by atoms with Gasteiger partial charge in [-0.1, -0.05) is 15.9 Å². The van der Waals surface area contributed by atoms with Gasteiger partial charge < -0.3 is 14.0 Å². The Bertz CT molecular complexity index is 1370. The molecule has 1 saturated carbocycles. The van der Waals surface area contributed by atoms with Gasteiger partial charge in [0.1, 0.15) is 17.8 Å². The lowest BCUT2D eigenvalue weighted by Gasteiger charge is -2.09. The molecule has 0 aliphatic heterocycles. The van der Waals surface area contributed by atoms with Crippen molar-refractivity contribution in [2.45, 2.75) is 19.4 Å². The van der Waals surface area contributed by atoms with Gasteiger partial charge in [0.15, 0.2) is 11.2 Å². The molecule has 0 spiro atoms. The predicted octanol–water partition coefficient (Wildman–Crippen LogP) is 4.56. The summed E-state index contributed by atoms with van der Waals surface area (Å²) in [7, 11) is 1.55. The maximum atomic E-state index is 12.2. The number of amides is 1. The molecule has 0 saturated heterocycles. The van der Waals surface area contributed by atoms with Gasteiger partial charge in [0.2, 0.25) is 0 Å². The highest BCUT2D eigenvalue weighted by Crippen LogP contribution is 2.33. The molecule has 34 heavy (non-hydrogen) atoms. The predicted molar refractivity (Wildman–Crippen MR) is 130 cm³/mol. The summed E-state index contributed by atoms with van der Waals surface area (Å²) in [6, 6.07) is 12.3. The highest BCUT2D eigenvalue weighted by molar-refractivity contribution is 9.10. The Balaban J connectivity index is 1.30. The van der Waals surface area contributed by atoms with E-state index in [1.807, 2.05) is 4.57 Å². The Morgan fingerprint density at radius 3 is 2.79 bits per heavy atom. The summed E-state index contributed by atoms with van der Waals surface area (Å²) in [5.41, 5.74) is 5.07. The number of hydrogen-bond acceptors (Lipinski definition) is 7. The number of nitrogens with one attached hydrogen (secondary N) is 1. The molecule has 0 bridgehead atoms. The third-order valence-corrected chi connectivity index (χ3v) is 5.94. The van der Waals surface area contributed by atoms with Crippen LogP contribution in [-0.2, 0) is 6.54 Å². The van der Waals surface area contributed by atoms with Gasteiger partial charge in [-0.05, 0) is 55.2 Å². The number of aromatic nitrogens is 4. The van der Waals surface area contributed by atoms with Crippen LogP contribution < -0.4 is 14.9 Å². The number of hydrazone groups is 1. The van der Waals surface area contributed by atoms with E-state index in [0.29, 0.717) is 39.9 Å². The number of rotatable bonds is 8. The first-order valence-corrected chi connectivity index (χ1v) is 11.5. The molecule has 1 N–H and O–H groups in total. The molecule has 4 aromatic rings. The van der Waals surface area contributed by atoms with Gasteiger partial charge in [-0.3, -0.25) is 4.79 Å². The number of hydrogen-bond donors (Lipinski definition) is 1. The first-order chi connectivity index (χ1) is 16.6. The van der Waals surface area contributed by atoms with Gasteiger partial charge >= 0.3 is 0 Å². The van der Waals surface area contributed by atoms with E-state index in [1.165, 1.54) is 25.4 Å². The molecule has 2 aromatic carbocycles. The second-order valence-corrected chi connectivity index (χ2v) is 8.82. The second-order valence-electron chi connectivity index (χ2n) is 7.90. The van der Waals surface area contributed by atoms with E-state index in [4.69, 9.17) is 9.47 Å². The molecule has 9 nitrogen and oxygen atoms in total. The molecule has 2 aromatic heterocycles. The van der Waals surface area contributed by atoms with Crippen LogP contribution in [0, 0.1) is 5.92 Å². The van der Waals surface area contributed by atoms with Gasteiger partial charge in [-0.2, -0.15) is 10.1 Å². The summed E-state index contributed by atoms with van der Waals surface area (Å²) in [6.45, 7) is 0.910. The first kappa shape index (κ1) is 22.0. The molecule has 1 aliphatic carbocycles. The van der Waals surface area contributed by atoms with Gasteiger partial charge in [-0.25, -0.2) is 15.4 Å². The molecule has 1 amide bonds. The van der Waals surface area contributed by atoms with Crippen LogP contribution in [-0.4, -0.2) is 38.8 Å². The number of fused-ring (bicyclic) bond motifs is 1. The van der Waals surface area contributed by atoms with Crippen LogP contribution in [0.5, 0.6) is 17.4 Å². The van der Waals surface area contributed by atoms with Crippen LogP contribution >= 0.6 is 15.9 Å². The van der Waals surface area contributed by atoms with Crippen molar-refractivity contribution in [3.63, 3.8) is 0 Å². The van der Waals surface area contributed by atoms with Crippen LogP contribution in [0.3, 0.4) is 0 Å². The monoisotopic (exact) mass is 520 g/mol. The maximum Gasteiger partial charge on any atom is 0.271 e. The Labute approximate surface area is 204 Å². The van der Waals surface area contributed by atoms with Crippen LogP contribution in [0.2, 0.25) is 0 Å². The van der Waals surface area contributed by atoms with Gasteiger partial charge in [-0.15, -0.1) is 0 Å². The van der Waals surface area contributed by atoms with Crippen molar-refractivity contribution in [3.8, 4) is 17.4 Å². The number of carbonyl (C=O) groups excluding carboxylic acids is 1. The van der Waals surface area contributed by atoms with Gasteiger partial charge in [0.05, 0.1) is 19.7 Å². The normalized spacial score (nSPS) is 13.4. The molecular weight excluding hydrogens is 500 g/mol. The number of imidazole rings is 1. The molecule has 1 aliphatic rings. The van der Waals surface area contributed by atoms with Crippen molar-refractivity contribution >= 4 is 39.2 Å². The minimum absolute atomic E-state index is 0.309. The highest BCUT2D eigenvalue weighted by Gasteiger charge is 2.23. The Hall–Kier alpha value is -3.79. The van der Waals surface area contributed by atoms with Crippen LogP contribution in [0.15, 0.2) is 64.7 Å². The molecule has 0 unspecified atom stereocenters. The van der Waals surface area contributed by atoms with Crippen LogP contribution in [0.4, 0.5) is 0 Å². The fraction of sp³-hybridized carbons (Fsp3) is 0.208. The lowest BCUT2D eigenvalue weighted by atomic mass is 10.2. The second kappa shape index (κ2) is 9.60. The van der Waals surface area contributed by atoms with E-state index in [-0.39, 0.29) is 5.91 Å². The SMILES string of the molecule is COc1cc(Oc2ncnc3c2ncn3CC2CC2)ccc1/C=N/NC(=O)c1ccc(Br)cc1. The van der Waals surface area contributed by atoms with Crippen LogP contribution in [0.1, 0.15) is 28.8 Å². The summed E-state index contributed by atoms with van der Waals surface area (Å²) >= 11 is 3.35. The van der Waals surface area contributed by atoms with Crippen molar-refractivity contribution in [1.82, 2.24) is 24.9 Å². The number of benzene rings is 2. The Morgan fingerprint density at radius 2 is 2.03 bits per heavy atom. The number of ether oxygens (including phenoxy) is 2. The smallest absolute Gasteiger partial charge is 0.271 e.